The second-order valence-corrected chi connectivity index (χ2v) is 6.53. The Labute approximate surface area is 169 Å². The molecule has 0 saturated heterocycles. The molecule has 2 N–H and O–H groups in total. The minimum Gasteiger partial charge on any atom is -0.358 e. The molecule has 1 aliphatic rings. The third kappa shape index (κ3) is 4.50. The number of amides is 1. The van der Waals surface area contributed by atoms with Crippen molar-refractivity contribution in [3.8, 4) is 0 Å². The maximum Gasteiger partial charge on any atom is 0.259 e. The number of hydrogen-bond donors (Lipinski definition) is 2. The monoisotopic (exact) mass is 383 g/mol. The topological polar surface area (TPSA) is 69.6 Å². The largest absolute Gasteiger partial charge is 0.358 e. The summed E-state index contributed by atoms with van der Waals surface area (Å²) in [4.78, 5) is 18.9. The van der Waals surface area contributed by atoms with E-state index in [0.717, 1.165) is 22.6 Å². The molecule has 6 heteroatoms. The van der Waals surface area contributed by atoms with Crippen molar-refractivity contribution in [1.82, 2.24) is 10.4 Å². The van der Waals surface area contributed by atoms with Crippen molar-refractivity contribution in [2.24, 2.45) is 5.10 Å². The number of nitrogens with one attached hydrogen (secondary N) is 2. The predicted octanol–water partition coefficient (Wildman–Crippen LogP) is 3.83. The smallest absolute Gasteiger partial charge is 0.259 e. The maximum atomic E-state index is 12.5. The number of allylic oxidation sites excluding steroid dienone is 1. The van der Waals surface area contributed by atoms with Gasteiger partial charge in [0.25, 0.3) is 5.91 Å². The molecule has 2 aromatic carbocycles. The van der Waals surface area contributed by atoms with Crippen LogP contribution in [-0.2, 0) is 4.79 Å². The van der Waals surface area contributed by atoms with E-state index in [0.29, 0.717) is 0 Å². The number of anilines is 2. The van der Waals surface area contributed by atoms with Gasteiger partial charge in [0.1, 0.15) is 12.7 Å². The third-order valence-corrected chi connectivity index (χ3v) is 4.54. The molecular weight excluding hydrogens is 362 g/mol. The molecule has 1 aliphatic heterocycles. The van der Waals surface area contributed by atoms with Gasteiger partial charge in [-0.1, -0.05) is 54.6 Å². The maximum absolute atomic E-state index is 12.5. The van der Waals surface area contributed by atoms with E-state index in [1.54, 1.807) is 18.5 Å². The number of fused-ring (bicyclic) bond motifs is 1. The van der Waals surface area contributed by atoms with Crippen molar-refractivity contribution in [3.05, 3.63) is 96.3 Å². The molecule has 0 bridgehead atoms. The zero-order chi connectivity index (χ0) is 19.9. The quantitative estimate of drug-likeness (QED) is 0.501. The average molecular weight is 383 g/mol. The Morgan fingerprint density at radius 2 is 1.86 bits per heavy atom. The van der Waals surface area contributed by atoms with Crippen molar-refractivity contribution in [1.29, 1.82) is 0 Å². The number of aromatic nitrogens is 1. The first-order valence-corrected chi connectivity index (χ1v) is 9.38. The summed E-state index contributed by atoms with van der Waals surface area (Å²) in [6.45, 7) is 0.158. The van der Waals surface area contributed by atoms with E-state index < -0.39 is 0 Å². The zero-order valence-electron chi connectivity index (χ0n) is 15.8. The van der Waals surface area contributed by atoms with Crippen LogP contribution in [0.3, 0.4) is 0 Å². The summed E-state index contributed by atoms with van der Waals surface area (Å²) >= 11 is 0. The van der Waals surface area contributed by atoms with E-state index >= 15 is 0 Å². The van der Waals surface area contributed by atoms with Crippen LogP contribution < -0.4 is 15.6 Å². The van der Waals surface area contributed by atoms with Crippen LogP contribution in [0.2, 0.25) is 0 Å². The molecule has 1 aromatic heterocycles. The van der Waals surface area contributed by atoms with Gasteiger partial charge in [-0.05, 0) is 35.9 Å². The Kier molecular flexibility index (Phi) is 5.62. The highest BCUT2D eigenvalue weighted by molar-refractivity contribution is 5.87. The van der Waals surface area contributed by atoms with Crippen LogP contribution in [0.15, 0.2) is 90.2 Å². The van der Waals surface area contributed by atoms with E-state index in [1.807, 2.05) is 83.8 Å². The number of carbonyl (C=O) groups excluding carboxylic acids is 1. The number of hydrazone groups is 1. The fraction of sp³-hybridized carbons (Fsp3) is 0.0870. The third-order valence-electron chi connectivity index (χ3n) is 4.54. The van der Waals surface area contributed by atoms with Crippen LogP contribution in [0, 0.1) is 0 Å². The van der Waals surface area contributed by atoms with Gasteiger partial charge in [0.05, 0.1) is 17.1 Å². The van der Waals surface area contributed by atoms with Crippen LogP contribution in [0.1, 0.15) is 17.4 Å². The fourth-order valence-corrected chi connectivity index (χ4v) is 3.22. The molecule has 1 unspecified atom stereocenters. The predicted molar refractivity (Wildman–Crippen MR) is 116 cm³/mol. The summed E-state index contributed by atoms with van der Waals surface area (Å²) in [5.41, 5.74) is 6.45. The SMILES string of the molecule is O=C(CN1c2ccccc2NC1c1ccccn1)N/N=C/C=C/c1ccccc1. The van der Waals surface area contributed by atoms with Crippen LogP contribution in [0.5, 0.6) is 0 Å². The van der Waals surface area contributed by atoms with E-state index in [2.05, 4.69) is 20.8 Å². The Balaban J connectivity index is 1.41. The summed E-state index contributed by atoms with van der Waals surface area (Å²) in [5, 5.41) is 7.44. The molecule has 4 rings (SSSR count). The van der Waals surface area contributed by atoms with Crippen molar-refractivity contribution in [3.63, 3.8) is 0 Å². The number of hydrogen-bond acceptors (Lipinski definition) is 5. The number of carbonyl (C=O) groups is 1. The van der Waals surface area contributed by atoms with Gasteiger partial charge in [-0.15, -0.1) is 0 Å². The highest BCUT2D eigenvalue weighted by atomic mass is 16.2. The lowest BCUT2D eigenvalue weighted by atomic mass is 10.2. The van der Waals surface area contributed by atoms with E-state index in [-0.39, 0.29) is 18.6 Å². The molecule has 0 aliphatic carbocycles. The molecule has 0 radical (unpaired) electrons. The average Bonchev–Trinajstić information content (AvgIpc) is 3.13. The van der Waals surface area contributed by atoms with Crippen LogP contribution >= 0.6 is 0 Å². The van der Waals surface area contributed by atoms with Gasteiger partial charge in [-0.2, -0.15) is 5.10 Å². The number of benzene rings is 2. The molecule has 144 valence electrons. The summed E-state index contributed by atoms with van der Waals surface area (Å²) in [5.74, 6) is -0.200. The molecule has 0 spiro atoms. The second-order valence-electron chi connectivity index (χ2n) is 6.53. The highest BCUT2D eigenvalue weighted by Crippen LogP contribution is 2.39. The summed E-state index contributed by atoms with van der Waals surface area (Å²) in [6, 6.07) is 23.6. The first-order chi connectivity index (χ1) is 14.3. The Bertz CT molecular complexity index is 1020. The molecule has 0 fully saturated rings. The second kappa shape index (κ2) is 8.84. The molecule has 6 nitrogen and oxygen atoms in total. The van der Waals surface area contributed by atoms with E-state index in [4.69, 9.17) is 0 Å². The minimum absolute atomic E-state index is 0.158. The van der Waals surface area contributed by atoms with Crippen LogP contribution in [-0.4, -0.2) is 23.7 Å². The van der Waals surface area contributed by atoms with Crippen LogP contribution in [0.25, 0.3) is 6.08 Å². The van der Waals surface area contributed by atoms with Gasteiger partial charge in [0, 0.05) is 12.4 Å². The van der Waals surface area contributed by atoms with Gasteiger partial charge in [-0.25, -0.2) is 5.43 Å². The zero-order valence-corrected chi connectivity index (χ0v) is 15.8. The first kappa shape index (κ1) is 18.4. The van der Waals surface area contributed by atoms with E-state index in [1.165, 1.54) is 0 Å². The summed E-state index contributed by atoms with van der Waals surface area (Å²) < 4.78 is 0. The Hall–Kier alpha value is -3.93. The van der Waals surface area contributed by atoms with Gasteiger partial charge in [0.15, 0.2) is 0 Å². The van der Waals surface area contributed by atoms with Gasteiger partial charge in [0.2, 0.25) is 0 Å². The number of rotatable bonds is 6. The molecule has 29 heavy (non-hydrogen) atoms. The van der Waals surface area contributed by atoms with Gasteiger partial charge < -0.3 is 10.2 Å². The van der Waals surface area contributed by atoms with Crippen molar-refractivity contribution in [2.45, 2.75) is 6.17 Å². The lowest BCUT2D eigenvalue weighted by molar-refractivity contribution is -0.119. The van der Waals surface area contributed by atoms with E-state index in [9.17, 15) is 4.79 Å². The number of pyridine rings is 1. The Morgan fingerprint density at radius 3 is 2.69 bits per heavy atom. The lowest BCUT2D eigenvalue weighted by Crippen LogP contribution is -2.37. The Morgan fingerprint density at radius 1 is 1.07 bits per heavy atom. The van der Waals surface area contributed by atoms with Crippen molar-refractivity contribution < 1.29 is 4.79 Å². The van der Waals surface area contributed by atoms with Gasteiger partial charge in [-0.3, -0.25) is 9.78 Å². The minimum atomic E-state index is -0.207. The molecule has 2 heterocycles. The highest BCUT2D eigenvalue weighted by Gasteiger charge is 2.31. The molecular formula is C23H21N5O. The normalized spacial score (nSPS) is 15.4. The fourth-order valence-electron chi connectivity index (χ4n) is 3.22. The van der Waals surface area contributed by atoms with Crippen LogP contribution in [0.4, 0.5) is 11.4 Å². The number of nitrogens with zero attached hydrogens (tertiary/aromatic N) is 3. The van der Waals surface area contributed by atoms with Crippen molar-refractivity contribution >= 4 is 29.6 Å². The molecule has 1 atom stereocenters. The van der Waals surface area contributed by atoms with Crippen molar-refractivity contribution in [2.75, 3.05) is 16.8 Å². The number of para-hydroxylation sites is 2. The summed E-state index contributed by atoms with van der Waals surface area (Å²) in [7, 11) is 0. The molecule has 0 saturated carbocycles. The molecule has 1 amide bonds. The standard InChI is InChI=1S/C23H21N5O/c29-22(27-25-16-8-11-18-9-2-1-3-10-18)17-28-21-14-5-4-12-19(21)26-23(28)20-13-6-7-15-24-20/h1-16,23,26H,17H2,(H,27,29)/b11-8+,25-16+. The lowest BCUT2D eigenvalue weighted by Gasteiger charge is -2.25. The molecule has 3 aromatic rings. The van der Waals surface area contributed by atoms with Gasteiger partial charge >= 0.3 is 0 Å². The first-order valence-electron chi connectivity index (χ1n) is 9.38. The summed E-state index contributed by atoms with van der Waals surface area (Å²) in [6.07, 6.45) is 6.83.